The van der Waals surface area contributed by atoms with Gasteiger partial charge in [0.25, 0.3) is 17.4 Å². The van der Waals surface area contributed by atoms with Gasteiger partial charge in [0.1, 0.15) is 11.5 Å². The number of ketones is 1. The lowest BCUT2D eigenvalue weighted by Crippen LogP contribution is -2.25. The first-order chi connectivity index (χ1) is 14.8. The van der Waals surface area contributed by atoms with Crippen LogP contribution in [0, 0.1) is 22.9 Å². The van der Waals surface area contributed by atoms with E-state index in [1.54, 1.807) is 41.8 Å². The molecule has 4 rings (SSSR count). The molecule has 0 spiro atoms. The van der Waals surface area contributed by atoms with E-state index in [1.165, 1.54) is 42.5 Å². The smallest absolute Gasteiger partial charge is 0.298 e. The molecular weight excluding hydrogens is 401 g/mol. The molecule has 0 radical (unpaired) electrons. The van der Waals surface area contributed by atoms with Crippen LogP contribution in [0.3, 0.4) is 0 Å². The van der Waals surface area contributed by atoms with Crippen molar-refractivity contribution in [2.45, 2.75) is 6.92 Å². The lowest BCUT2D eigenvalue weighted by molar-refractivity contribution is -0.384. The third kappa shape index (κ3) is 3.78. The third-order valence-corrected chi connectivity index (χ3v) is 4.94. The van der Waals surface area contributed by atoms with E-state index >= 15 is 0 Å². The molecule has 0 aliphatic heterocycles. The second kappa shape index (κ2) is 7.83. The number of anilines is 1. The van der Waals surface area contributed by atoms with Gasteiger partial charge < -0.3 is 9.72 Å². The van der Waals surface area contributed by atoms with Crippen LogP contribution >= 0.6 is 0 Å². The van der Waals surface area contributed by atoms with Crippen LogP contribution in [-0.4, -0.2) is 21.0 Å². The predicted molar refractivity (Wildman–Crippen MR) is 114 cm³/mol. The Bertz CT molecular complexity index is 1340. The zero-order valence-corrected chi connectivity index (χ0v) is 16.3. The predicted octanol–water partition coefficient (Wildman–Crippen LogP) is 4.78. The number of nitrogens with zero attached hydrogens (tertiary/aromatic N) is 2. The summed E-state index contributed by atoms with van der Waals surface area (Å²) in [4.78, 5) is 36.5. The summed E-state index contributed by atoms with van der Waals surface area (Å²) in [5.41, 5.74) is 2.40. The molecule has 2 heterocycles. The van der Waals surface area contributed by atoms with Gasteiger partial charge in [-0.2, -0.15) is 0 Å². The van der Waals surface area contributed by atoms with E-state index in [0.717, 1.165) is 0 Å². The second-order valence-electron chi connectivity index (χ2n) is 6.95. The minimum atomic E-state index is -0.934. The average molecular weight is 417 g/mol. The number of nitrogens with one attached hydrogen (secondary N) is 1. The monoisotopic (exact) mass is 417 g/mol. The molecule has 0 atom stereocenters. The Morgan fingerprint density at radius 3 is 2.48 bits per heavy atom. The van der Waals surface area contributed by atoms with Gasteiger partial charge in [-0.15, -0.1) is 0 Å². The summed E-state index contributed by atoms with van der Waals surface area (Å²) in [6.45, 7) is 1.67. The number of nitro groups is 1. The fourth-order valence-electron chi connectivity index (χ4n) is 3.35. The number of amides is 1. The number of carbonyl (C=O) groups is 2. The Labute approximate surface area is 175 Å². The van der Waals surface area contributed by atoms with E-state index in [1.807, 2.05) is 0 Å². The van der Waals surface area contributed by atoms with Crippen LogP contribution in [-0.2, 0) is 4.79 Å². The number of carbonyl (C=O) groups excluding carboxylic acids is 2. The normalized spacial score (nSPS) is 10.8. The van der Waals surface area contributed by atoms with Crippen molar-refractivity contribution in [2.24, 2.45) is 0 Å². The Kier molecular flexibility index (Phi) is 5.04. The molecule has 0 aliphatic rings. The van der Waals surface area contributed by atoms with Crippen molar-refractivity contribution in [3.05, 3.63) is 100 Å². The van der Waals surface area contributed by atoms with Crippen LogP contribution in [0.25, 0.3) is 16.6 Å². The highest BCUT2D eigenvalue weighted by Gasteiger charge is 2.25. The first kappa shape index (κ1) is 20.0. The highest BCUT2D eigenvalue weighted by atomic mass is 19.1. The minimum absolute atomic E-state index is 0.114. The van der Waals surface area contributed by atoms with E-state index in [4.69, 9.17) is 0 Å². The van der Waals surface area contributed by atoms with Crippen molar-refractivity contribution in [1.82, 2.24) is 4.40 Å². The Morgan fingerprint density at radius 2 is 1.77 bits per heavy atom. The number of halogens is 1. The lowest BCUT2D eigenvalue weighted by Gasteiger charge is -2.09. The molecule has 2 aromatic heterocycles. The number of benzene rings is 2. The van der Waals surface area contributed by atoms with Crippen molar-refractivity contribution < 1.29 is 18.9 Å². The number of fused-ring (bicyclic) bond motifs is 1. The standard InChI is InChI=1S/C23H16FN3O4/c1-14-5-10-18(27(30)31)13-20(14)25-23(29)22(28)21-19(15-6-8-16(24)9-7-15)12-17-4-2-3-11-26(17)21/h2-13H,1H3,(H,25,29). The number of non-ortho nitro benzene ring substituents is 1. The first-order valence-corrected chi connectivity index (χ1v) is 9.32. The van der Waals surface area contributed by atoms with Gasteiger partial charge in [-0.3, -0.25) is 19.7 Å². The first-order valence-electron chi connectivity index (χ1n) is 9.32. The topological polar surface area (TPSA) is 93.7 Å². The van der Waals surface area contributed by atoms with E-state index in [0.29, 0.717) is 22.2 Å². The molecule has 0 aliphatic carbocycles. The maximum Gasteiger partial charge on any atom is 0.298 e. The van der Waals surface area contributed by atoms with Crippen molar-refractivity contribution in [2.75, 3.05) is 5.32 Å². The third-order valence-electron chi connectivity index (χ3n) is 4.94. The molecule has 31 heavy (non-hydrogen) atoms. The summed E-state index contributed by atoms with van der Waals surface area (Å²) >= 11 is 0. The molecule has 1 amide bonds. The molecule has 4 aromatic rings. The minimum Gasteiger partial charge on any atom is -0.319 e. The summed E-state index contributed by atoms with van der Waals surface area (Å²) < 4.78 is 15.0. The fraction of sp³-hybridized carbons (Fsp3) is 0.0435. The molecule has 1 N–H and O–H groups in total. The molecule has 0 saturated carbocycles. The molecule has 154 valence electrons. The van der Waals surface area contributed by atoms with Gasteiger partial charge in [0, 0.05) is 29.4 Å². The number of aryl methyl sites for hydroxylation is 1. The summed E-state index contributed by atoms with van der Waals surface area (Å²) in [6.07, 6.45) is 1.65. The molecule has 0 fully saturated rings. The largest absolute Gasteiger partial charge is 0.319 e. The molecule has 0 unspecified atom stereocenters. The van der Waals surface area contributed by atoms with Gasteiger partial charge in [0.05, 0.1) is 10.6 Å². The molecule has 0 bridgehead atoms. The second-order valence-corrected chi connectivity index (χ2v) is 6.95. The average Bonchev–Trinajstić information content (AvgIpc) is 3.14. The van der Waals surface area contributed by atoms with Crippen LogP contribution in [0.4, 0.5) is 15.8 Å². The number of aromatic nitrogens is 1. The number of hydrogen-bond acceptors (Lipinski definition) is 4. The zero-order valence-electron chi connectivity index (χ0n) is 16.3. The van der Waals surface area contributed by atoms with Crippen molar-refractivity contribution in [3.8, 4) is 11.1 Å². The van der Waals surface area contributed by atoms with Crippen LogP contribution in [0.2, 0.25) is 0 Å². The fourth-order valence-corrected chi connectivity index (χ4v) is 3.35. The Hall–Kier alpha value is -4.33. The number of rotatable bonds is 5. The highest BCUT2D eigenvalue weighted by Crippen LogP contribution is 2.29. The van der Waals surface area contributed by atoms with Crippen molar-refractivity contribution >= 4 is 28.6 Å². The van der Waals surface area contributed by atoms with E-state index in [2.05, 4.69) is 5.32 Å². The molecule has 0 saturated heterocycles. The van der Waals surface area contributed by atoms with Gasteiger partial charge in [0.15, 0.2) is 0 Å². The van der Waals surface area contributed by atoms with Gasteiger partial charge in [-0.1, -0.05) is 24.3 Å². The Balaban J connectivity index is 1.76. The van der Waals surface area contributed by atoms with Crippen LogP contribution in [0.5, 0.6) is 0 Å². The molecular formula is C23H16FN3O4. The highest BCUT2D eigenvalue weighted by molar-refractivity contribution is 6.47. The quantitative estimate of drug-likeness (QED) is 0.219. The van der Waals surface area contributed by atoms with Crippen LogP contribution in [0.1, 0.15) is 16.1 Å². The molecule has 7 nitrogen and oxygen atoms in total. The maximum atomic E-state index is 13.4. The number of nitro benzene ring substituents is 1. The van der Waals surface area contributed by atoms with E-state index in [9.17, 15) is 24.1 Å². The molecule has 2 aromatic carbocycles. The summed E-state index contributed by atoms with van der Waals surface area (Å²) in [6, 6.07) is 16.7. The maximum absolute atomic E-state index is 13.4. The summed E-state index contributed by atoms with van der Waals surface area (Å²) in [5.74, 6) is -2.17. The summed E-state index contributed by atoms with van der Waals surface area (Å²) in [5, 5.41) is 13.5. The summed E-state index contributed by atoms with van der Waals surface area (Å²) in [7, 11) is 0. The number of Topliss-reactive ketones (excluding diaryl/α,β-unsaturated/α-hetero) is 1. The lowest BCUT2D eigenvalue weighted by atomic mass is 10.0. The number of hydrogen-bond donors (Lipinski definition) is 1. The zero-order chi connectivity index (χ0) is 22.1. The van der Waals surface area contributed by atoms with E-state index in [-0.39, 0.29) is 17.1 Å². The van der Waals surface area contributed by atoms with Gasteiger partial charge in [-0.25, -0.2) is 4.39 Å². The van der Waals surface area contributed by atoms with E-state index < -0.39 is 22.4 Å². The molecule has 8 heteroatoms. The van der Waals surface area contributed by atoms with Gasteiger partial charge in [0.2, 0.25) is 0 Å². The Morgan fingerprint density at radius 1 is 1.03 bits per heavy atom. The number of pyridine rings is 1. The van der Waals surface area contributed by atoms with Gasteiger partial charge >= 0.3 is 0 Å². The van der Waals surface area contributed by atoms with Gasteiger partial charge in [-0.05, 0) is 48.4 Å². The SMILES string of the molecule is Cc1ccc([N+](=O)[O-])cc1NC(=O)C(=O)c1c(-c2ccc(F)cc2)cc2ccccn12. The van der Waals surface area contributed by atoms with Crippen LogP contribution < -0.4 is 5.32 Å². The van der Waals surface area contributed by atoms with Crippen molar-refractivity contribution in [3.63, 3.8) is 0 Å². The van der Waals surface area contributed by atoms with Crippen molar-refractivity contribution in [1.29, 1.82) is 0 Å². The van der Waals surface area contributed by atoms with Crippen LogP contribution in [0.15, 0.2) is 72.9 Å².